The molecule has 1 aromatic carbocycles. The van der Waals surface area contributed by atoms with Crippen molar-refractivity contribution in [2.75, 3.05) is 18.4 Å². The number of carbonyl (C=O) groups excluding carboxylic acids is 1. The van der Waals surface area contributed by atoms with Crippen LogP contribution < -0.4 is 5.32 Å². The number of carbonyl (C=O) groups is 1. The lowest BCUT2D eigenvalue weighted by Gasteiger charge is -2.38. The Morgan fingerprint density at radius 2 is 1.95 bits per heavy atom. The highest BCUT2D eigenvalue weighted by Gasteiger charge is 2.28. The number of halogens is 1. The number of hydrogen-bond donors (Lipinski definition) is 1. The van der Waals surface area contributed by atoms with E-state index in [0.717, 1.165) is 24.3 Å². The molecule has 3 nitrogen and oxygen atoms in total. The first-order valence-electron chi connectivity index (χ1n) is 7.68. The fourth-order valence-corrected chi connectivity index (χ4v) is 3.35. The summed E-state index contributed by atoms with van der Waals surface area (Å²) in [6.07, 6.45) is 1.25. The average molecular weight is 309 g/mol. The minimum Gasteiger partial charge on any atom is -0.324 e. The van der Waals surface area contributed by atoms with Crippen molar-refractivity contribution < 1.29 is 4.79 Å². The SMILES string of the molecule is Cc1c(Cl)cccc1NC(=O)[C@@H](C)N1C[C@@H](C)C[C@H](C)C1. The van der Waals surface area contributed by atoms with Crippen molar-refractivity contribution in [3.63, 3.8) is 0 Å². The van der Waals surface area contributed by atoms with Crippen LogP contribution in [0.3, 0.4) is 0 Å². The molecule has 1 saturated heterocycles. The molecule has 0 spiro atoms. The van der Waals surface area contributed by atoms with Gasteiger partial charge in [0.1, 0.15) is 0 Å². The maximum absolute atomic E-state index is 12.5. The number of nitrogens with zero attached hydrogens (tertiary/aromatic N) is 1. The van der Waals surface area contributed by atoms with Gasteiger partial charge in [-0.15, -0.1) is 0 Å². The molecule has 4 heteroatoms. The number of benzene rings is 1. The number of piperidine rings is 1. The molecule has 1 aliphatic rings. The Labute approximate surface area is 132 Å². The lowest BCUT2D eigenvalue weighted by atomic mass is 9.91. The van der Waals surface area contributed by atoms with E-state index in [-0.39, 0.29) is 11.9 Å². The van der Waals surface area contributed by atoms with Gasteiger partial charge in [-0.25, -0.2) is 0 Å². The molecular weight excluding hydrogens is 284 g/mol. The Hall–Kier alpha value is -1.06. The predicted octanol–water partition coefficient (Wildman–Crippen LogP) is 3.95. The molecular formula is C17H25ClN2O. The van der Waals surface area contributed by atoms with Crippen molar-refractivity contribution in [3.05, 3.63) is 28.8 Å². The molecule has 0 radical (unpaired) electrons. The molecule has 1 amide bonds. The zero-order valence-electron chi connectivity index (χ0n) is 13.3. The molecule has 1 aromatic rings. The largest absolute Gasteiger partial charge is 0.324 e. The van der Waals surface area contributed by atoms with E-state index in [1.54, 1.807) is 0 Å². The zero-order valence-corrected chi connectivity index (χ0v) is 14.1. The van der Waals surface area contributed by atoms with Crippen LogP contribution in [-0.4, -0.2) is 29.9 Å². The monoisotopic (exact) mass is 308 g/mol. The first-order chi connectivity index (χ1) is 9.88. The molecule has 21 heavy (non-hydrogen) atoms. The van der Waals surface area contributed by atoms with E-state index >= 15 is 0 Å². The summed E-state index contributed by atoms with van der Waals surface area (Å²) in [5.41, 5.74) is 1.72. The summed E-state index contributed by atoms with van der Waals surface area (Å²) in [5, 5.41) is 3.69. The highest BCUT2D eigenvalue weighted by atomic mass is 35.5. The van der Waals surface area contributed by atoms with Crippen molar-refractivity contribution in [3.8, 4) is 0 Å². The molecule has 1 N–H and O–H groups in total. The van der Waals surface area contributed by atoms with Crippen LogP contribution in [-0.2, 0) is 4.79 Å². The van der Waals surface area contributed by atoms with Gasteiger partial charge in [0.2, 0.25) is 5.91 Å². The van der Waals surface area contributed by atoms with E-state index < -0.39 is 0 Å². The second-order valence-corrected chi connectivity index (χ2v) is 6.88. The third-order valence-corrected chi connectivity index (χ3v) is 4.76. The van der Waals surface area contributed by atoms with Crippen molar-refractivity contribution in [2.45, 2.75) is 40.2 Å². The summed E-state index contributed by atoms with van der Waals surface area (Å²) in [4.78, 5) is 14.8. The second kappa shape index (κ2) is 6.80. The van der Waals surface area contributed by atoms with Crippen LogP contribution in [0.4, 0.5) is 5.69 Å². The van der Waals surface area contributed by atoms with Gasteiger partial charge in [0.05, 0.1) is 6.04 Å². The molecule has 1 fully saturated rings. The molecule has 1 heterocycles. The van der Waals surface area contributed by atoms with Crippen LogP contribution in [0.5, 0.6) is 0 Å². The molecule has 116 valence electrons. The molecule has 0 aromatic heterocycles. The van der Waals surface area contributed by atoms with E-state index in [2.05, 4.69) is 24.1 Å². The van der Waals surface area contributed by atoms with Crippen molar-refractivity contribution >= 4 is 23.2 Å². The van der Waals surface area contributed by atoms with E-state index in [1.165, 1.54) is 6.42 Å². The van der Waals surface area contributed by atoms with Gasteiger partial charge in [-0.1, -0.05) is 31.5 Å². The number of anilines is 1. The zero-order chi connectivity index (χ0) is 15.6. The minimum absolute atomic E-state index is 0.0432. The predicted molar refractivity (Wildman–Crippen MR) is 88.8 cm³/mol. The van der Waals surface area contributed by atoms with Gasteiger partial charge in [0, 0.05) is 23.8 Å². The minimum atomic E-state index is -0.117. The number of rotatable bonds is 3. The topological polar surface area (TPSA) is 32.3 Å². The van der Waals surface area contributed by atoms with E-state index in [4.69, 9.17) is 11.6 Å². The summed E-state index contributed by atoms with van der Waals surface area (Å²) >= 11 is 6.10. The first-order valence-corrected chi connectivity index (χ1v) is 8.06. The summed E-state index contributed by atoms with van der Waals surface area (Å²) in [6.45, 7) is 10.4. The lowest BCUT2D eigenvalue weighted by molar-refractivity contribution is -0.121. The van der Waals surface area contributed by atoms with Gasteiger partial charge < -0.3 is 5.32 Å². The van der Waals surface area contributed by atoms with Crippen molar-refractivity contribution in [1.82, 2.24) is 4.90 Å². The maximum atomic E-state index is 12.5. The van der Waals surface area contributed by atoms with Crippen LogP contribution in [0.25, 0.3) is 0 Å². The highest BCUT2D eigenvalue weighted by Crippen LogP contribution is 2.25. The van der Waals surface area contributed by atoms with Crippen LogP contribution in [0.15, 0.2) is 18.2 Å². The summed E-state index contributed by atoms with van der Waals surface area (Å²) in [5.74, 6) is 1.34. The third kappa shape index (κ3) is 3.98. The first kappa shape index (κ1) is 16.3. The van der Waals surface area contributed by atoms with E-state index in [0.29, 0.717) is 16.9 Å². The second-order valence-electron chi connectivity index (χ2n) is 6.48. The van der Waals surface area contributed by atoms with Crippen LogP contribution in [0.2, 0.25) is 5.02 Å². The Morgan fingerprint density at radius 1 is 1.33 bits per heavy atom. The third-order valence-electron chi connectivity index (χ3n) is 4.35. The number of likely N-dealkylation sites (tertiary alicyclic amines) is 1. The number of nitrogens with one attached hydrogen (secondary N) is 1. The Bertz CT molecular complexity index is 508. The molecule has 2 rings (SSSR count). The fourth-order valence-electron chi connectivity index (χ4n) is 3.17. The maximum Gasteiger partial charge on any atom is 0.241 e. The van der Waals surface area contributed by atoms with Crippen LogP contribution in [0, 0.1) is 18.8 Å². The molecule has 0 bridgehead atoms. The smallest absolute Gasteiger partial charge is 0.241 e. The normalized spacial score (nSPS) is 24.6. The molecule has 1 aliphatic heterocycles. The molecule has 0 saturated carbocycles. The number of hydrogen-bond acceptors (Lipinski definition) is 2. The van der Waals surface area contributed by atoms with Crippen LogP contribution in [0.1, 0.15) is 32.8 Å². The quantitative estimate of drug-likeness (QED) is 0.917. The highest BCUT2D eigenvalue weighted by molar-refractivity contribution is 6.31. The number of amides is 1. The summed E-state index contributed by atoms with van der Waals surface area (Å²) in [7, 11) is 0. The Balaban J connectivity index is 2.04. The average Bonchev–Trinajstić information content (AvgIpc) is 2.42. The van der Waals surface area contributed by atoms with Crippen molar-refractivity contribution in [2.24, 2.45) is 11.8 Å². The van der Waals surface area contributed by atoms with Gasteiger partial charge >= 0.3 is 0 Å². The van der Waals surface area contributed by atoms with Gasteiger partial charge in [-0.2, -0.15) is 0 Å². The lowest BCUT2D eigenvalue weighted by Crippen LogP contribution is -2.48. The van der Waals surface area contributed by atoms with Gasteiger partial charge in [0.25, 0.3) is 0 Å². The Morgan fingerprint density at radius 3 is 2.57 bits per heavy atom. The Kier molecular flexibility index (Phi) is 5.28. The van der Waals surface area contributed by atoms with Gasteiger partial charge in [-0.05, 0) is 49.8 Å². The molecule has 0 aliphatic carbocycles. The summed E-state index contributed by atoms with van der Waals surface area (Å²) < 4.78 is 0. The van der Waals surface area contributed by atoms with Gasteiger partial charge in [0.15, 0.2) is 0 Å². The summed E-state index contributed by atoms with van der Waals surface area (Å²) in [6, 6.07) is 5.48. The van der Waals surface area contributed by atoms with E-state index in [9.17, 15) is 4.79 Å². The standard InChI is InChI=1S/C17H25ClN2O/c1-11-8-12(2)10-20(9-11)14(4)17(21)19-16-7-5-6-15(18)13(16)3/h5-7,11-12,14H,8-10H2,1-4H3,(H,19,21)/t11-,12-,14+/m0/s1. The fraction of sp³-hybridized carbons (Fsp3) is 0.588. The van der Waals surface area contributed by atoms with Gasteiger partial charge in [-0.3, -0.25) is 9.69 Å². The van der Waals surface area contributed by atoms with Crippen LogP contribution >= 0.6 is 11.6 Å². The molecule has 0 unspecified atom stereocenters. The van der Waals surface area contributed by atoms with Crippen molar-refractivity contribution in [1.29, 1.82) is 0 Å². The van der Waals surface area contributed by atoms with E-state index in [1.807, 2.05) is 32.0 Å². The molecule has 3 atom stereocenters.